The molecule has 0 saturated heterocycles. The van der Waals surface area contributed by atoms with E-state index >= 15 is 0 Å². The van der Waals surface area contributed by atoms with Crippen molar-refractivity contribution in [3.8, 4) is 11.5 Å². The Morgan fingerprint density at radius 3 is 1.54 bits per heavy atom. The lowest BCUT2D eigenvalue weighted by atomic mass is 9.96. The van der Waals surface area contributed by atoms with Gasteiger partial charge >= 0.3 is 11.9 Å². The van der Waals surface area contributed by atoms with Crippen molar-refractivity contribution >= 4 is 71.1 Å². The highest BCUT2D eigenvalue weighted by Crippen LogP contribution is 2.16. The lowest BCUT2D eigenvalue weighted by Crippen LogP contribution is -2.60. The number of rotatable bonds is 39. The van der Waals surface area contributed by atoms with Crippen molar-refractivity contribution < 1.29 is 73.2 Å². The third-order valence-electron chi connectivity index (χ3n) is 13.0. The van der Waals surface area contributed by atoms with Crippen LogP contribution in [0.4, 0.5) is 0 Å². The molecule has 22 N–H and O–H groups in total. The number of hydrogen-bond donors (Lipinski definition) is 17. The molecule has 0 aliphatic heterocycles. The van der Waals surface area contributed by atoms with E-state index in [9.17, 15) is 73.2 Å². The average molecular weight is 1170 g/mol. The van der Waals surface area contributed by atoms with Crippen molar-refractivity contribution in [2.24, 2.45) is 45.5 Å². The molecule has 0 heterocycles. The molecule has 0 fully saturated rings. The maximum atomic E-state index is 14.1. The highest BCUT2D eigenvalue weighted by atomic mass is 16.4. The number of guanidine groups is 1. The molecule has 83 heavy (non-hydrogen) atoms. The van der Waals surface area contributed by atoms with Crippen LogP contribution in [0.1, 0.15) is 109 Å². The first-order chi connectivity index (χ1) is 39.1. The summed E-state index contributed by atoms with van der Waals surface area (Å²) in [5.74, 6) is -11.9. The van der Waals surface area contributed by atoms with Gasteiger partial charge in [0.25, 0.3) is 0 Å². The largest absolute Gasteiger partial charge is 0.508 e. The lowest BCUT2D eigenvalue weighted by Gasteiger charge is -2.28. The Morgan fingerprint density at radius 2 is 1.01 bits per heavy atom. The first-order valence-electron chi connectivity index (χ1n) is 27.3. The van der Waals surface area contributed by atoms with Gasteiger partial charge in [0.05, 0.1) is 12.6 Å². The summed E-state index contributed by atoms with van der Waals surface area (Å²) in [5, 5.41) is 58.7. The molecule has 9 amide bonds. The number of carboxylic acids is 2. The molecule has 2 aromatic carbocycles. The van der Waals surface area contributed by atoms with Crippen LogP contribution in [0, 0.1) is 11.8 Å². The monoisotopic (exact) mass is 1170 g/mol. The van der Waals surface area contributed by atoms with Gasteiger partial charge in [-0.1, -0.05) is 58.4 Å². The number of phenols is 2. The number of aliphatic imine (C=N–C) groups is 1. The molecule has 29 nitrogen and oxygen atoms in total. The third-order valence-corrected chi connectivity index (χ3v) is 13.0. The van der Waals surface area contributed by atoms with E-state index in [0.29, 0.717) is 30.4 Å². The molecule has 0 saturated carbocycles. The SMILES string of the molecule is CC[C@H](C)[C@H](NC(=O)[C@H](CCCN=C(N)N)NC(=O)[C@@H](N)Cc1ccc(O)cc1)C(=O)N[C@@H](CCC(N)=O)C(=O)NCC(=O)N[C@@H](CCCCN)C(=O)N[C@@H](CC(C)C)C(=O)N[C@@H](CCC(=O)O)C(=O)N[C@@H](Cc1ccc(O)cc1)C(=O)O. The molecule has 0 unspecified atom stereocenters. The summed E-state index contributed by atoms with van der Waals surface area (Å²) < 4.78 is 0. The zero-order chi connectivity index (χ0) is 62.3. The highest BCUT2D eigenvalue weighted by Gasteiger charge is 2.35. The molecule has 0 bridgehead atoms. The number of unbranched alkanes of at least 4 members (excludes halogenated alkanes) is 1. The summed E-state index contributed by atoms with van der Waals surface area (Å²) in [6, 6.07) is 0.407. The summed E-state index contributed by atoms with van der Waals surface area (Å²) in [4.78, 5) is 150. The summed E-state index contributed by atoms with van der Waals surface area (Å²) in [6.07, 6.45) is -0.899. The summed E-state index contributed by atoms with van der Waals surface area (Å²) in [7, 11) is 0. The zero-order valence-corrected chi connectivity index (χ0v) is 47.3. The Labute approximate surface area is 481 Å². The maximum Gasteiger partial charge on any atom is 0.326 e. The summed E-state index contributed by atoms with van der Waals surface area (Å²) >= 11 is 0. The number of nitrogens with one attached hydrogen (secondary N) is 8. The zero-order valence-electron chi connectivity index (χ0n) is 47.3. The van der Waals surface area contributed by atoms with Crippen molar-refractivity contribution in [2.75, 3.05) is 19.6 Å². The van der Waals surface area contributed by atoms with Crippen LogP contribution in [0.2, 0.25) is 0 Å². The summed E-state index contributed by atoms with van der Waals surface area (Å²) in [5.41, 5.74) is 29.3. The first kappa shape index (κ1) is 70.5. The van der Waals surface area contributed by atoms with Gasteiger partial charge in [0.15, 0.2) is 5.96 Å². The number of carbonyl (C=O) groups excluding carboxylic acids is 9. The van der Waals surface area contributed by atoms with Crippen molar-refractivity contribution in [1.29, 1.82) is 0 Å². The van der Waals surface area contributed by atoms with Gasteiger partial charge in [-0.05, 0) is 112 Å². The fourth-order valence-electron chi connectivity index (χ4n) is 8.22. The van der Waals surface area contributed by atoms with Crippen LogP contribution in [0.15, 0.2) is 53.5 Å². The first-order valence-corrected chi connectivity index (χ1v) is 27.3. The number of carboxylic acid groups (broad SMARTS) is 2. The number of carbonyl (C=O) groups is 11. The average Bonchev–Trinajstić information content (AvgIpc) is 3.46. The molecule has 0 aliphatic rings. The number of nitrogens with two attached hydrogens (primary N) is 5. The van der Waals surface area contributed by atoms with Crippen molar-refractivity contribution in [3.05, 3.63) is 59.7 Å². The standard InChI is InChI=1S/C54H84N14O15/c1-5-30(4)45(68-50(79)37(10-8-24-60-54(58)59)63-46(75)35(56)26-31-11-15-33(69)16-12-31)52(81)65-38(19-21-42(57)71)47(76)61-28-43(72)62-36(9-6-7-23-55)48(77)66-40(25-29(2)3)51(80)64-39(20-22-44(73)74)49(78)67-41(53(82)83)27-32-13-17-34(70)18-14-32/h11-18,29-30,35-41,45,69-70H,5-10,19-28,55-56H2,1-4H3,(H2,57,71)(H,61,76)(H,62,72)(H,63,75)(H,64,80)(H,65,81)(H,66,77)(H,67,78)(H,68,79)(H,73,74)(H,82,83)(H4,58,59,60)/t30-,35-,36-,37-,38-,39-,40-,41-,45-/m0/s1. The molecule has 2 aromatic rings. The van der Waals surface area contributed by atoms with Gasteiger partial charge < -0.3 is 91.6 Å². The predicted octanol–water partition coefficient (Wildman–Crippen LogP) is -2.79. The quantitative estimate of drug-likeness (QED) is 0.0183. The minimum Gasteiger partial charge on any atom is -0.508 e. The van der Waals surface area contributed by atoms with E-state index in [0.717, 1.165) is 0 Å². The Kier molecular flexibility index (Phi) is 31.2. The minimum absolute atomic E-state index is 0.00720. The molecule has 9 atom stereocenters. The van der Waals surface area contributed by atoms with E-state index in [-0.39, 0.29) is 81.4 Å². The van der Waals surface area contributed by atoms with Crippen LogP contribution < -0.4 is 71.2 Å². The van der Waals surface area contributed by atoms with Gasteiger partial charge in [-0.25, -0.2) is 4.79 Å². The van der Waals surface area contributed by atoms with Crippen molar-refractivity contribution in [3.63, 3.8) is 0 Å². The normalized spacial score (nSPS) is 14.3. The number of phenolic OH excluding ortho intramolecular Hbond substituents is 2. The van der Waals surface area contributed by atoms with Crippen LogP contribution in [-0.4, -0.2) is 159 Å². The maximum absolute atomic E-state index is 14.1. The Morgan fingerprint density at radius 1 is 0.542 bits per heavy atom. The van der Waals surface area contributed by atoms with E-state index in [1.165, 1.54) is 36.4 Å². The molecule has 2 rings (SSSR count). The van der Waals surface area contributed by atoms with Gasteiger partial charge in [-0.2, -0.15) is 0 Å². The van der Waals surface area contributed by atoms with Gasteiger partial charge in [-0.15, -0.1) is 0 Å². The number of primary amides is 1. The fourth-order valence-corrected chi connectivity index (χ4v) is 8.22. The van der Waals surface area contributed by atoms with Crippen molar-refractivity contribution in [2.45, 2.75) is 160 Å². The van der Waals surface area contributed by atoms with Crippen LogP contribution in [-0.2, 0) is 65.6 Å². The van der Waals surface area contributed by atoms with Crippen LogP contribution >= 0.6 is 0 Å². The molecule has 460 valence electrons. The number of amides is 9. The van der Waals surface area contributed by atoms with Gasteiger partial charge in [0.2, 0.25) is 53.2 Å². The van der Waals surface area contributed by atoms with E-state index in [1.807, 2.05) is 0 Å². The van der Waals surface area contributed by atoms with Gasteiger partial charge in [-0.3, -0.25) is 52.9 Å². The van der Waals surface area contributed by atoms with E-state index in [2.05, 4.69) is 47.5 Å². The number of hydrogen-bond acceptors (Lipinski definition) is 16. The van der Waals surface area contributed by atoms with Crippen LogP contribution in [0.25, 0.3) is 0 Å². The number of aromatic hydroxyl groups is 2. The lowest BCUT2D eigenvalue weighted by molar-refractivity contribution is -0.143. The Balaban J connectivity index is 2.31. The van der Waals surface area contributed by atoms with Gasteiger partial charge in [0, 0.05) is 25.8 Å². The minimum atomic E-state index is -1.59. The number of aliphatic carboxylic acids is 2. The van der Waals surface area contributed by atoms with Gasteiger partial charge in [0.1, 0.15) is 53.8 Å². The van der Waals surface area contributed by atoms with Crippen LogP contribution in [0.5, 0.6) is 11.5 Å². The van der Waals surface area contributed by atoms with Crippen LogP contribution in [0.3, 0.4) is 0 Å². The second kappa shape index (κ2) is 36.7. The second-order valence-electron chi connectivity index (χ2n) is 20.5. The smallest absolute Gasteiger partial charge is 0.326 e. The highest BCUT2D eigenvalue weighted by molar-refractivity contribution is 5.98. The van der Waals surface area contributed by atoms with Crippen molar-refractivity contribution in [1.82, 2.24) is 42.5 Å². The number of benzene rings is 2. The molecule has 0 aliphatic carbocycles. The molecular weight excluding hydrogens is 1080 g/mol. The second-order valence-corrected chi connectivity index (χ2v) is 20.5. The molecule has 0 aromatic heterocycles. The predicted molar refractivity (Wildman–Crippen MR) is 303 cm³/mol. The summed E-state index contributed by atoms with van der Waals surface area (Å²) in [6.45, 7) is 6.34. The Hall–Kier alpha value is -8.60. The topological polar surface area (TPSA) is 507 Å². The molecule has 29 heteroatoms. The molecule has 0 spiro atoms. The Bertz CT molecular complexity index is 2530. The fraction of sp³-hybridized carbons (Fsp3) is 0.556. The third kappa shape index (κ3) is 27.6. The van der Waals surface area contributed by atoms with E-state index < -0.39 is 145 Å². The molecule has 0 radical (unpaired) electrons. The number of nitrogens with zero attached hydrogens (tertiary/aromatic N) is 1. The molecular formula is C54H84N14O15. The van der Waals surface area contributed by atoms with E-state index in [4.69, 9.17) is 28.7 Å². The van der Waals surface area contributed by atoms with E-state index in [1.54, 1.807) is 39.8 Å².